The first-order valence-electron chi connectivity index (χ1n) is 9.96. The summed E-state index contributed by atoms with van der Waals surface area (Å²) in [6.07, 6.45) is 0. The number of amides is 1. The Morgan fingerprint density at radius 1 is 0.875 bits per heavy atom. The van der Waals surface area contributed by atoms with Gasteiger partial charge in [0.05, 0.1) is 0 Å². The van der Waals surface area contributed by atoms with Crippen LogP contribution in [0.3, 0.4) is 0 Å². The zero-order valence-electron chi connectivity index (χ0n) is 17.3. The molecule has 2 aromatic carbocycles. The van der Waals surface area contributed by atoms with Crippen molar-refractivity contribution in [2.45, 2.75) is 11.1 Å². The molecule has 1 saturated heterocycles. The average Bonchev–Trinajstić information content (AvgIpc) is 3.17. The highest BCUT2D eigenvalue weighted by Crippen LogP contribution is 2.23. The van der Waals surface area contributed by atoms with Crippen LogP contribution in [-0.4, -0.2) is 60.5 Å². The number of piperazine rings is 1. The fourth-order valence-electron chi connectivity index (χ4n) is 3.59. The molecule has 1 aliphatic heterocycles. The van der Waals surface area contributed by atoms with Crippen LogP contribution in [0, 0.1) is 6.92 Å². The molecule has 10 heteroatoms. The van der Waals surface area contributed by atoms with Gasteiger partial charge in [-0.25, -0.2) is 8.42 Å². The van der Waals surface area contributed by atoms with Crippen LogP contribution in [-0.2, 0) is 10.0 Å². The van der Waals surface area contributed by atoms with Gasteiger partial charge in [-0.3, -0.25) is 14.4 Å². The lowest BCUT2D eigenvalue weighted by atomic mass is 10.0. The third kappa shape index (κ3) is 4.29. The van der Waals surface area contributed by atoms with Gasteiger partial charge in [0, 0.05) is 48.6 Å². The van der Waals surface area contributed by atoms with Crippen molar-refractivity contribution >= 4 is 33.1 Å². The summed E-state index contributed by atoms with van der Waals surface area (Å²) in [5.74, 6) is -0.339. The second kappa shape index (κ2) is 8.81. The topological polar surface area (TPSA) is 108 Å². The lowest BCUT2D eigenvalue weighted by Gasteiger charge is -2.33. The first-order chi connectivity index (χ1) is 15.3. The Morgan fingerprint density at radius 2 is 1.44 bits per heavy atom. The van der Waals surface area contributed by atoms with Gasteiger partial charge in [0.1, 0.15) is 0 Å². The lowest BCUT2D eigenvalue weighted by molar-refractivity contribution is 0.0697. The smallest absolute Gasteiger partial charge is 0.305 e. The van der Waals surface area contributed by atoms with Crippen LogP contribution in [0.4, 0.5) is 0 Å². The van der Waals surface area contributed by atoms with E-state index in [9.17, 15) is 22.8 Å². The van der Waals surface area contributed by atoms with Gasteiger partial charge in [0.2, 0.25) is 0 Å². The third-order valence-electron chi connectivity index (χ3n) is 5.31. The number of thiazole rings is 1. The number of hydrogen-bond donors (Lipinski definition) is 1. The maximum Gasteiger partial charge on any atom is 0.305 e. The van der Waals surface area contributed by atoms with E-state index in [1.807, 2.05) is 6.07 Å². The van der Waals surface area contributed by atoms with Crippen LogP contribution in [0.25, 0.3) is 0 Å². The van der Waals surface area contributed by atoms with Crippen molar-refractivity contribution in [1.29, 1.82) is 0 Å². The van der Waals surface area contributed by atoms with Crippen LogP contribution in [0.15, 0.2) is 63.6 Å². The highest BCUT2D eigenvalue weighted by atomic mass is 32.2. The van der Waals surface area contributed by atoms with Crippen LogP contribution in [0.2, 0.25) is 0 Å². The van der Waals surface area contributed by atoms with Gasteiger partial charge in [0.15, 0.2) is 9.99 Å². The number of hydrogen-bond acceptors (Lipinski definition) is 6. The number of benzene rings is 2. The fourth-order valence-corrected chi connectivity index (χ4v) is 6.45. The molecule has 0 unspecified atom stereocenters. The predicted molar refractivity (Wildman–Crippen MR) is 121 cm³/mol. The molecule has 1 N–H and O–H groups in total. The molecule has 0 saturated carbocycles. The second-order valence-corrected chi connectivity index (χ2v) is 10.5. The van der Waals surface area contributed by atoms with E-state index in [0.717, 1.165) is 0 Å². The maximum atomic E-state index is 12.9. The van der Waals surface area contributed by atoms with Crippen LogP contribution < -0.4 is 4.87 Å². The van der Waals surface area contributed by atoms with Crippen molar-refractivity contribution in [2.24, 2.45) is 0 Å². The first-order valence-corrected chi connectivity index (χ1v) is 12.2. The molecule has 1 aliphatic rings. The number of aryl methyl sites for hydroxylation is 1. The minimum atomic E-state index is -3.78. The quantitative estimate of drug-likeness (QED) is 0.574. The van der Waals surface area contributed by atoms with Crippen LogP contribution >= 0.6 is 11.3 Å². The van der Waals surface area contributed by atoms with Gasteiger partial charge in [-0.15, -0.1) is 0 Å². The summed E-state index contributed by atoms with van der Waals surface area (Å²) in [5, 5.41) is 0. The Balaban J connectivity index is 1.42. The molecule has 32 heavy (non-hydrogen) atoms. The van der Waals surface area contributed by atoms with Crippen molar-refractivity contribution in [1.82, 2.24) is 14.2 Å². The Hall–Kier alpha value is -3.08. The summed E-state index contributed by atoms with van der Waals surface area (Å²) in [5.41, 5.74) is 1.82. The van der Waals surface area contributed by atoms with Gasteiger partial charge in [0.25, 0.3) is 15.9 Å². The number of carbonyl (C=O) groups excluding carboxylic acids is 2. The lowest BCUT2D eigenvalue weighted by Crippen LogP contribution is -2.50. The molecule has 3 aromatic rings. The van der Waals surface area contributed by atoms with Crippen molar-refractivity contribution in [3.05, 3.63) is 86.6 Å². The molecule has 8 nitrogen and oxygen atoms in total. The van der Waals surface area contributed by atoms with E-state index in [4.69, 9.17) is 0 Å². The summed E-state index contributed by atoms with van der Waals surface area (Å²) < 4.78 is 27.0. The standard InChI is InChI=1S/C22H21N3O5S2/c1-15-21(31-22(28)23-15)32(29,30)25-13-11-24(12-14-25)20(27)18-9-7-17(8-10-18)19(26)16-5-3-2-4-6-16/h2-10H,11-14H2,1H3,(H,23,28). The van der Waals surface area contributed by atoms with E-state index in [1.165, 1.54) is 4.31 Å². The van der Waals surface area contributed by atoms with Crippen molar-refractivity contribution in [2.75, 3.05) is 26.2 Å². The van der Waals surface area contributed by atoms with E-state index in [1.54, 1.807) is 60.4 Å². The van der Waals surface area contributed by atoms with E-state index in [-0.39, 0.29) is 42.1 Å². The third-order valence-corrected chi connectivity index (χ3v) is 8.79. The molecule has 4 rings (SSSR count). The molecule has 0 radical (unpaired) electrons. The average molecular weight is 472 g/mol. The summed E-state index contributed by atoms with van der Waals surface area (Å²) in [6.45, 7) is 2.31. The SMILES string of the molecule is Cc1[nH]c(=O)sc1S(=O)(=O)N1CCN(C(=O)c2ccc(C(=O)c3ccccc3)cc2)CC1. The van der Waals surface area contributed by atoms with Crippen molar-refractivity contribution in [3.63, 3.8) is 0 Å². The monoisotopic (exact) mass is 471 g/mol. The Bertz CT molecular complexity index is 1300. The number of ketones is 1. The molecule has 0 atom stereocenters. The number of nitrogens with zero attached hydrogens (tertiary/aromatic N) is 2. The summed E-state index contributed by atoms with van der Waals surface area (Å²) in [4.78, 5) is 40.5. The van der Waals surface area contributed by atoms with Gasteiger partial charge < -0.3 is 9.88 Å². The zero-order chi connectivity index (χ0) is 22.9. The Labute approximate surface area is 189 Å². The molecule has 1 aromatic heterocycles. The molecule has 166 valence electrons. The van der Waals surface area contributed by atoms with E-state index in [2.05, 4.69) is 4.98 Å². The molecule has 0 spiro atoms. The van der Waals surface area contributed by atoms with Gasteiger partial charge in [-0.05, 0) is 19.1 Å². The second-order valence-electron chi connectivity index (χ2n) is 7.40. The molecule has 1 amide bonds. The molecular formula is C22H21N3O5S2. The molecule has 1 fully saturated rings. The number of rotatable bonds is 5. The van der Waals surface area contributed by atoms with Crippen LogP contribution in [0.1, 0.15) is 32.0 Å². The highest BCUT2D eigenvalue weighted by Gasteiger charge is 2.33. The summed E-state index contributed by atoms with van der Waals surface area (Å²) in [7, 11) is -3.78. The Morgan fingerprint density at radius 3 is 2.00 bits per heavy atom. The molecule has 0 bridgehead atoms. The summed E-state index contributed by atoms with van der Waals surface area (Å²) in [6, 6.07) is 15.4. The number of nitrogens with one attached hydrogen (secondary N) is 1. The maximum absolute atomic E-state index is 12.9. The van der Waals surface area contributed by atoms with E-state index in [0.29, 0.717) is 33.7 Å². The number of sulfonamides is 1. The molecule has 2 heterocycles. The number of carbonyl (C=O) groups is 2. The number of aromatic amines is 1. The van der Waals surface area contributed by atoms with Crippen LogP contribution in [0.5, 0.6) is 0 Å². The largest absolute Gasteiger partial charge is 0.336 e. The van der Waals surface area contributed by atoms with E-state index < -0.39 is 14.9 Å². The number of aromatic nitrogens is 1. The first kappa shape index (κ1) is 22.1. The minimum absolute atomic E-state index is 0.0148. The Kier molecular flexibility index (Phi) is 6.09. The van der Waals surface area contributed by atoms with Crippen molar-refractivity contribution in [3.8, 4) is 0 Å². The minimum Gasteiger partial charge on any atom is -0.336 e. The highest BCUT2D eigenvalue weighted by molar-refractivity contribution is 7.91. The van der Waals surface area contributed by atoms with Gasteiger partial charge in [-0.2, -0.15) is 4.31 Å². The molecular weight excluding hydrogens is 450 g/mol. The van der Waals surface area contributed by atoms with Gasteiger partial charge >= 0.3 is 4.87 Å². The molecule has 0 aliphatic carbocycles. The normalized spacial score (nSPS) is 15.0. The predicted octanol–water partition coefficient (Wildman–Crippen LogP) is 2.12. The van der Waals surface area contributed by atoms with Gasteiger partial charge in [-0.1, -0.05) is 53.8 Å². The summed E-state index contributed by atoms with van der Waals surface area (Å²) >= 11 is 0.672. The fraction of sp³-hybridized carbons (Fsp3) is 0.227. The van der Waals surface area contributed by atoms with Crippen molar-refractivity contribution < 1.29 is 18.0 Å². The zero-order valence-corrected chi connectivity index (χ0v) is 18.9. The number of H-pyrrole nitrogens is 1. The van der Waals surface area contributed by atoms with E-state index >= 15 is 0 Å².